The molecule has 1 aliphatic heterocycles. The molecule has 1 fully saturated rings. The van der Waals surface area contributed by atoms with Crippen molar-refractivity contribution in [1.29, 1.82) is 0 Å². The average Bonchev–Trinajstić information content (AvgIpc) is 2.28. The summed E-state index contributed by atoms with van der Waals surface area (Å²) in [7, 11) is 0. The van der Waals surface area contributed by atoms with E-state index >= 15 is 0 Å². The van der Waals surface area contributed by atoms with Crippen molar-refractivity contribution in [2.45, 2.75) is 25.4 Å². The summed E-state index contributed by atoms with van der Waals surface area (Å²) in [5.74, 6) is -0.372. The molecule has 0 radical (unpaired) electrons. The minimum atomic E-state index is -0.355. The zero-order valence-corrected chi connectivity index (χ0v) is 11.7. The predicted octanol–water partition coefficient (Wildman–Crippen LogP) is 2.54. The van der Waals surface area contributed by atoms with Gasteiger partial charge in [0.1, 0.15) is 5.82 Å². The largest absolute Gasteiger partial charge is 0.378 e. The average molecular weight is 316 g/mol. The molecule has 1 aromatic carbocycles. The number of ether oxygens (including phenoxy) is 1. The lowest BCUT2D eigenvalue weighted by atomic mass is 10.0. The van der Waals surface area contributed by atoms with Gasteiger partial charge in [-0.1, -0.05) is 0 Å². The number of ketones is 1. The molecule has 2 unspecified atom stereocenters. The number of Topliss-reactive ketones (excluding diaryl/α,β-unsaturated/α-hetero) is 1. The molecule has 0 spiro atoms. The first-order chi connectivity index (χ1) is 8.56. The summed E-state index contributed by atoms with van der Waals surface area (Å²) in [6.07, 6.45) is 0.356. The second-order valence-electron chi connectivity index (χ2n) is 4.55. The van der Waals surface area contributed by atoms with E-state index in [0.717, 1.165) is 0 Å². The summed E-state index contributed by atoms with van der Waals surface area (Å²) in [4.78, 5) is 12.1. The molecule has 1 heterocycles. The van der Waals surface area contributed by atoms with Gasteiger partial charge in [-0.2, -0.15) is 0 Å². The van der Waals surface area contributed by atoms with Crippen molar-refractivity contribution in [2.24, 2.45) is 0 Å². The lowest BCUT2D eigenvalue weighted by molar-refractivity contribution is 0.0463. The summed E-state index contributed by atoms with van der Waals surface area (Å²) < 4.78 is 18.8. The van der Waals surface area contributed by atoms with Crippen molar-refractivity contribution in [2.75, 3.05) is 13.2 Å². The van der Waals surface area contributed by atoms with Crippen molar-refractivity contribution in [3.63, 3.8) is 0 Å². The van der Waals surface area contributed by atoms with Crippen LogP contribution in [0.3, 0.4) is 0 Å². The normalized spacial score (nSPS) is 23.9. The van der Waals surface area contributed by atoms with E-state index in [1.165, 1.54) is 18.2 Å². The fourth-order valence-electron chi connectivity index (χ4n) is 2.05. The van der Waals surface area contributed by atoms with Crippen molar-refractivity contribution in [1.82, 2.24) is 5.32 Å². The summed E-state index contributed by atoms with van der Waals surface area (Å²) in [6, 6.07) is 4.40. The van der Waals surface area contributed by atoms with Gasteiger partial charge in [0.25, 0.3) is 0 Å². The van der Waals surface area contributed by atoms with E-state index in [-0.39, 0.29) is 23.7 Å². The first-order valence-electron chi connectivity index (χ1n) is 5.88. The SMILES string of the molecule is CC1COCC(CC(=O)c2ccc(F)cc2Br)N1. The van der Waals surface area contributed by atoms with Gasteiger partial charge in [0.2, 0.25) is 0 Å². The molecule has 1 saturated heterocycles. The molecule has 1 N–H and O–H groups in total. The van der Waals surface area contributed by atoms with Gasteiger partial charge in [-0.25, -0.2) is 4.39 Å². The highest BCUT2D eigenvalue weighted by molar-refractivity contribution is 9.10. The second kappa shape index (κ2) is 5.91. The number of benzene rings is 1. The Kier molecular flexibility index (Phi) is 4.48. The van der Waals surface area contributed by atoms with E-state index in [1.54, 1.807) is 0 Å². The molecule has 0 bridgehead atoms. The highest BCUT2D eigenvalue weighted by Gasteiger charge is 2.22. The number of morpholine rings is 1. The first-order valence-corrected chi connectivity index (χ1v) is 6.67. The maximum Gasteiger partial charge on any atom is 0.165 e. The number of halogens is 2. The molecule has 0 amide bonds. The van der Waals surface area contributed by atoms with E-state index in [0.29, 0.717) is 29.7 Å². The fourth-order valence-corrected chi connectivity index (χ4v) is 2.62. The zero-order valence-electron chi connectivity index (χ0n) is 10.1. The van der Waals surface area contributed by atoms with Crippen LogP contribution in [-0.4, -0.2) is 31.1 Å². The Morgan fingerprint density at radius 2 is 2.33 bits per heavy atom. The van der Waals surface area contributed by atoms with Crippen molar-refractivity contribution in [3.05, 3.63) is 34.1 Å². The van der Waals surface area contributed by atoms with E-state index < -0.39 is 0 Å². The quantitative estimate of drug-likeness (QED) is 0.871. The molecule has 0 aliphatic carbocycles. The monoisotopic (exact) mass is 315 g/mol. The lowest BCUT2D eigenvalue weighted by Crippen LogP contribution is -2.48. The molecule has 98 valence electrons. The molecule has 2 atom stereocenters. The Morgan fingerprint density at radius 1 is 1.56 bits per heavy atom. The summed E-state index contributed by atoms with van der Waals surface area (Å²) in [5, 5.41) is 3.31. The van der Waals surface area contributed by atoms with Crippen LogP contribution < -0.4 is 5.32 Å². The molecule has 1 aromatic rings. The molecule has 0 saturated carbocycles. The smallest absolute Gasteiger partial charge is 0.165 e. The topological polar surface area (TPSA) is 38.3 Å². The number of nitrogens with one attached hydrogen (secondary N) is 1. The summed E-state index contributed by atoms with van der Waals surface area (Å²) in [6.45, 7) is 3.23. The molecule has 0 aromatic heterocycles. The molecular weight excluding hydrogens is 301 g/mol. The van der Waals surface area contributed by atoms with Crippen LogP contribution in [0.2, 0.25) is 0 Å². The number of carbonyl (C=O) groups excluding carboxylic acids is 1. The van der Waals surface area contributed by atoms with Gasteiger partial charge in [-0.3, -0.25) is 4.79 Å². The predicted molar refractivity (Wildman–Crippen MR) is 70.3 cm³/mol. The van der Waals surface area contributed by atoms with E-state index in [2.05, 4.69) is 21.2 Å². The number of hydrogen-bond donors (Lipinski definition) is 1. The Morgan fingerprint density at radius 3 is 3.00 bits per heavy atom. The van der Waals surface area contributed by atoms with Crippen molar-refractivity contribution in [3.8, 4) is 0 Å². The second-order valence-corrected chi connectivity index (χ2v) is 5.41. The van der Waals surface area contributed by atoms with Crippen LogP contribution in [0.1, 0.15) is 23.7 Å². The number of hydrogen-bond acceptors (Lipinski definition) is 3. The maximum atomic E-state index is 12.9. The van der Waals surface area contributed by atoms with Gasteiger partial charge >= 0.3 is 0 Å². The third kappa shape index (κ3) is 3.37. The van der Waals surface area contributed by atoms with Gasteiger partial charge in [-0.15, -0.1) is 0 Å². The highest BCUT2D eigenvalue weighted by atomic mass is 79.9. The van der Waals surface area contributed by atoms with Crippen LogP contribution in [0.4, 0.5) is 4.39 Å². The van der Waals surface area contributed by atoms with Gasteiger partial charge in [0.05, 0.1) is 13.2 Å². The van der Waals surface area contributed by atoms with Crippen molar-refractivity contribution < 1.29 is 13.9 Å². The van der Waals surface area contributed by atoms with Gasteiger partial charge < -0.3 is 10.1 Å². The van der Waals surface area contributed by atoms with Gasteiger partial charge in [-0.05, 0) is 41.1 Å². The minimum Gasteiger partial charge on any atom is -0.378 e. The number of rotatable bonds is 3. The van der Waals surface area contributed by atoms with Crippen LogP contribution in [0.5, 0.6) is 0 Å². The van der Waals surface area contributed by atoms with Crippen LogP contribution in [0.15, 0.2) is 22.7 Å². The number of carbonyl (C=O) groups is 1. The molecule has 2 rings (SSSR count). The Balaban J connectivity index is 2.03. The first kappa shape index (κ1) is 13.6. The van der Waals surface area contributed by atoms with Crippen LogP contribution in [0.25, 0.3) is 0 Å². The Labute approximate surface area is 114 Å². The third-order valence-corrected chi connectivity index (χ3v) is 3.53. The summed E-state index contributed by atoms with van der Waals surface area (Å²) in [5.41, 5.74) is 0.511. The fraction of sp³-hybridized carbons (Fsp3) is 0.462. The van der Waals surface area contributed by atoms with Gasteiger partial charge in [0.15, 0.2) is 5.78 Å². The Bertz CT molecular complexity index is 453. The van der Waals surface area contributed by atoms with Crippen LogP contribution in [0, 0.1) is 5.82 Å². The Hall–Kier alpha value is -0.780. The molecular formula is C13H15BrFNO2. The van der Waals surface area contributed by atoms with E-state index in [4.69, 9.17) is 4.74 Å². The lowest BCUT2D eigenvalue weighted by Gasteiger charge is -2.28. The highest BCUT2D eigenvalue weighted by Crippen LogP contribution is 2.20. The van der Waals surface area contributed by atoms with Crippen LogP contribution in [-0.2, 0) is 4.74 Å². The molecule has 3 nitrogen and oxygen atoms in total. The molecule has 5 heteroatoms. The molecule has 18 heavy (non-hydrogen) atoms. The maximum absolute atomic E-state index is 12.9. The summed E-state index contributed by atoms with van der Waals surface area (Å²) >= 11 is 3.21. The zero-order chi connectivity index (χ0) is 13.1. The van der Waals surface area contributed by atoms with E-state index in [9.17, 15) is 9.18 Å². The standard InChI is InChI=1S/C13H15BrFNO2/c1-8-6-18-7-10(16-8)5-13(17)11-3-2-9(15)4-12(11)14/h2-4,8,10,16H,5-7H2,1H3. The van der Waals surface area contributed by atoms with Crippen molar-refractivity contribution >= 4 is 21.7 Å². The third-order valence-electron chi connectivity index (χ3n) is 2.87. The minimum absolute atomic E-state index is 0.0166. The van der Waals surface area contributed by atoms with Crippen LogP contribution >= 0.6 is 15.9 Å². The van der Waals surface area contributed by atoms with E-state index in [1.807, 2.05) is 6.92 Å². The van der Waals surface area contributed by atoms with Gasteiger partial charge in [0, 0.05) is 28.5 Å². The molecule has 1 aliphatic rings.